The molecule has 19 heavy (non-hydrogen) atoms. The molecule has 0 spiro atoms. The molecule has 1 aliphatic heterocycles. The Bertz CT molecular complexity index is 462. The zero-order chi connectivity index (χ0) is 14.4. The molecule has 0 aliphatic carbocycles. The lowest BCUT2D eigenvalue weighted by Crippen LogP contribution is -2.41. The van der Waals surface area contributed by atoms with Crippen LogP contribution in [-0.4, -0.2) is 18.3 Å². The largest absolute Gasteiger partial charge is 0.495 e. The summed E-state index contributed by atoms with van der Waals surface area (Å²) in [7, 11) is -0.261. The van der Waals surface area contributed by atoms with Gasteiger partial charge >= 0.3 is 7.12 Å². The van der Waals surface area contributed by atoms with E-state index >= 15 is 0 Å². The molecular weight excluding hydrogens is 235 g/mol. The first kappa shape index (κ1) is 14.6. The highest BCUT2D eigenvalue weighted by Gasteiger charge is 2.52. The normalized spacial score (nSPS) is 21.2. The topological polar surface area (TPSA) is 18.5 Å². The number of hydrogen-bond acceptors (Lipinski definition) is 2. The highest BCUT2D eigenvalue weighted by atomic mass is 16.7. The first-order valence-corrected chi connectivity index (χ1v) is 7.10. The maximum atomic E-state index is 6.16. The fraction of sp³-hybridized carbons (Fsp3) is 0.625. The third-order valence-corrected chi connectivity index (χ3v) is 4.37. The van der Waals surface area contributed by atoms with Gasteiger partial charge < -0.3 is 9.31 Å². The van der Waals surface area contributed by atoms with Crippen molar-refractivity contribution in [2.24, 2.45) is 0 Å². The van der Waals surface area contributed by atoms with Crippen LogP contribution in [0, 0.1) is 6.92 Å². The Kier molecular flexibility index (Phi) is 3.57. The summed E-state index contributed by atoms with van der Waals surface area (Å²) in [6.07, 6.45) is 0. The van der Waals surface area contributed by atoms with Crippen LogP contribution in [-0.2, 0) is 9.31 Å². The Balaban J connectivity index is 2.39. The minimum absolute atomic E-state index is 0.261. The number of aryl methyl sites for hydroxylation is 1. The van der Waals surface area contributed by atoms with Crippen molar-refractivity contribution in [3.05, 3.63) is 29.3 Å². The SMILES string of the molecule is Cc1ccc(B2OC(C)(C)C(C)(C)O2)c(C(C)C)c1. The Morgan fingerprint density at radius 2 is 1.53 bits per heavy atom. The average Bonchev–Trinajstić information content (AvgIpc) is 2.47. The third kappa shape index (κ3) is 2.59. The molecule has 0 bridgehead atoms. The van der Waals surface area contributed by atoms with E-state index in [9.17, 15) is 0 Å². The van der Waals surface area contributed by atoms with Crippen LogP contribution in [0.2, 0.25) is 0 Å². The summed E-state index contributed by atoms with van der Waals surface area (Å²) >= 11 is 0. The minimum atomic E-state index is -0.281. The third-order valence-electron chi connectivity index (χ3n) is 4.37. The van der Waals surface area contributed by atoms with Crippen LogP contribution < -0.4 is 5.46 Å². The minimum Gasteiger partial charge on any atom is -0.399 e. The van der Waals surface area contributed by atoms with E-state index in [1.807, 2.05) is 0 Å². The molecule has 2 nitrogen and oxygen atoms in total. The monoisotopic (exact) mass is 260 g/mol. The lowest BCUT2D eigenvalue weighted by molar-refractivity contribution is 0.00578. The molecule has 0 atom stereocenters. The van der Waals surface area contributed by atoms with Crippen molar-refractivity contribution in [2.45, 2.75) is 65.6 Å². The summed E-state index contributed by atoms with van der Waals surface area (Å²) in [6.45, 7) is 14.9. The van der Waals surface area contributed by atoms with Gasteiger partial charge in [-0.1, -0.05) is 37.6 Å². The molecule has 0 N–H and O–H groups in total. The fourth-order valence-corrected chi connectivity index (χ4v) is 2.38. The van der Waals surface area contributed by atoms with Crippen molar-refractivity contribution in [2.75, 3.05) is 0 Å². The molecule has 0 radical (unpaired) electrons. The van der Waals surface area contributed by atoms with Gasteiger partial charge in [-0.3, -0.25) is 0 Å². The van der Waals surface area contributed by atoms with Crippen LogP contribution in [0.4, 0.5) is 0 Å². The molecule has 0 aromatic heterocycles. The van der Waals surface area contributed by atoms with Gasteiger partial charge in [0.1, 0.15) is 0 Å². The van der Waals surface area contributed by atoms with Crippen molar-refractivity contribution < 1.29 is 9.31 Å². The second-order valence-electron chi connectivity index (χ2n) is 6.88. The van der Waals surface area contributed by atoms with E-state index in [2.05, 4.69) is 66.7 Å². The second kappa shape index (κ2) is 4.64. The molecule has 104 valence electrons. The molecule has 3 heteroatoms. The van der Waals surface area contributed by atoms with E-state index in [4.69, 9.17) is 9.31 Å². The van der Waals surface area contributed by atoms with Gasteiger partial charge in [-0.25, -0.2) is 0 Å². The maximum absolute atomic E-state index is 6.16. The smallest absolute Gasteiger partial charge is 0.399 e. The summed E-state index contributed by atoms with van der Waals surface area (Å²) in [5.41, 5.74) is 3.20. The first-order valence-electron chi connectivity index (χ1n) is 7.10. The Hall–Kier alpha value is -0.795. The van der Waals surface area contributed by atoms with Crippen LogP contribution in [0.15, 0.2) is 18.2 Å². The van der Waals surface area contributed by atoms with E-state index in [1.165, 1.54) is 16.6 Å². The Morgan fingerprint density at radius 1 is 1.00 bits per heavy atom. The number of benzene rings is 1. The summed E-state index contributed by atoms with van der Waals surface area (Å²) in [6, 6.07) is 6.52. The van der Waals surface area contributed by atoms with Crippen molar-refractivity contribution in [1.29, 1.82) is 0 Å². The molecular formula is C16H25BO2. The van der Waals surface area contributed by atoms with Gasteiger partial charge in [0.2, 0.25) is 0 Å². The van der Waals surface area contributed by atoms with Crippen molar-refractivity contribution in [3.63, 3.8) is 0 Å². The van der Waals surface area contributed by atoms with Gasteiger partial charge in [-0.2, -0.15) is 0 Å². The zero-order valence-corrected chi connectivity index (χ0v) is 13.2. The molecule has 2 rings (SSSR count). The molecule has 0 saturated carbocycles. The van der Waals surface area contributed by atoms with Crippen molar-refractivity contribution in [1.82, 2.24) is 0 Å². The molecule has 1 fully saturated rings. The van der Waals surface area contributed by atoms with Gasteiger partial charge in [-0.05, 0) is 51.6 Å². The maximum Gasteiger partial charge on any atom is 0.495 e. The van der Waals surface area contributed by atoms with E-state index in [-0.39, 0.29) is 18.3 Å². The van der Waals surface area contributed by atoms with Gasteiger partial charge in [-0.15, -0.1) is 0 Å². The summed E-state index contributed by atoms with van der Waals surface area (Å²) in [4.78, 5) is 0. The Morgan fingerprint density at radius 3 is 2.00 bits per heavy atom. The molecule has 1 saturated heterocycles. The van der Waals surface area contributed by atoms with E-state index < -0.39 is 0 Å². The molecule has 1 aromatic carbocycles. The predicted molar refractivity (Wildman–Crippen MR) is 81.0 cm³/mol. The molecule has 0 amide bonds. The van der Waals surface area contributed by atoms with E-state index in [0.29, 0.717) is 5.92 Å². The van der Waals surface area contributed by atoms with Crippen LogP contribution in [0.3, 0.4) is 0 Å². The Labute approximate surface area is 117 Å². The highest BCUT2D eigenvalue weighted by molar-refractivity contribution is 6.62. The lowest BCUT2D eigenvalue weighted by atomic mass is 9.73. The number of hydrogen-bond donors (Lipinski definition) is 0. The van der Waals surface area contributed by atoms with E-state index in [1.54, 1.807) is 0 Å². The zero-order valence-electron chi connectivity index (χ0n) is 13.2. The van der Waals surface area contributed by atoms with Crippen LogP contribution in [0.25, 0.3) is 0 Å². The lowest BCUT2D eigenvalue weighted by Gasteiger charge is -2.32. The summed E-state index contributed by atoms with van der Waals surface area (Å²) in [5.74, 6) is 0.467. The van der Waals surface area contributed by atoms with Gasteiger partial charge in [0.05, 0.1) is 11.2 Å². The molecule has 1 heterocycles. The fourth-order valence-electron chi connectivity index (χ4n) is 2.38. The van der Waals surface area contributed by atoms with Crippen molar-refractivity contribution >= 4 is 12.6 Å². The molecule has 0 unspecified atom stereocenters. The van der Waals surface area contributed by atoms with Crippen LogP contribution in [0.5, 0.6) is 0 Å². The highest BCUT2D eigenvalue weighted by Crippen LogP contribution is 2.37. The molecule has 1 aliphatic rings. The quantitative estimate of drug-likeness (QED) is 0.758. The van der Waals surface area contributed by atoms with Gasteiger partial charge in [0.15, 0.2) is 0 Å². The van der Waals surface area contributed by atoms with Crippen molar-refractivity contribution in [3.8, 4) is 0 Å². The van der Waals surface area contributed by atoms with Crippen LogP contribution in [0.1, 0.15) is 58.6 Å². The molecule has 1 aromatic rings. The van der Waals surface area contributed by atoms with E-state index in [0.717, 1.165) is 0 Å². The average molecular weight is 260 g/mol. The summed E-state index contributed by atoms with van der Waals surface area (Å²) in [5, 5.41) is 0. The van der Waals surface area contributed by atoms with Gasteiger partial charge in [0.25, 0.3) is 0 Å². The van der Waals surface area contributed by atoms with Gasteiger partial charge in [0, 0.05) is 0 Å². The standard InChI is InChI=1S/C16H25BO2/c1-11(2)13-10-12(3)8-9-14(13)17-18-15(4,5)16(6,7)19-17/h8-11H,1-7H3. The predicted octanol–water partition coefficient (Wildman–Crippen LogP) is 3.42. The van der Waals surface area contributed by atoms with Crippen LogP contribution >= 0.6 is 0 Å². The number of rotatable bonds is 2. The summed E-state index contributed by atoms with van der Waals surface area (Å²) < 4.78 is 12.3. The first-order chi connectivity index (χ1) is 8.64. The second-order valence-corrected chi connectivity index (χ2v) is 6.88.